The Labute approximate surface area is 124 Å². The number of hydrogen-bond acceptors (Lipinski definition) is 4. The van der Waals surface area contributed by atoms with Gasteiger partial charge >= 0.3 is 0 Å². The van der Waals surface area contributed by atoms with Crippen LogP contribution in [0.15, 0.2) is 24.3 Å². The maximum Gasteiger partial charge on any atom is 0.237 e. The minimum atomic E-state index is -2.53. The third-order valence-electron chi connectivity index (χ3n) is 1.96. The summed E-state index contributed by atoms with van der Waals surface area (Å²) in [5, 5.41) is 0. The van der Waals surface area contributed by atoms with Crippen LogP contribution in [-0.2, 0) is 23.6 Å². The lowest BCUT2D eigenvalue weighted by atomic mass is 10.2. The second-order valence-corrected chi connectivity index (χ2v) is 13.1. The van der Waals surface area contributed by atoms with Gasteiger partial charge in [0, 0.05) is 11.1 Å². The maximum absolute atomic E-state index is 11.8. The highest BCUT2D eigenvalue weighted by molar-refractivity contribution is 8.59. The van der Waals surface area contributed by atoms with Gasteiger partial charge in [0.05, 0.1) is 0 Å². The molecule has 0 saturated carbocycles. The molecular formula is C8H7B2O2P4S2. The van der Waals surface area contributed by atoms with E-state index < -0.39 is 5.60 Å². The molecule has 0 saturated heterocycles. The van der Waals surface area contributed by atoms with Crippen molar-refractivity contribution in [3.8, 4) is 0 Å². The predicted molar refractivity (Wildman–Crippen MR) is 93.2 cm³/mol. The van der Waals surface area contributed by atoms with E-state index in [9.17, 15) is 9.59 Å². The van der Waals surface area contributed by atoms with E-state index in [2.05, 4.69) is 8.93 Å². The van der Waals surface area contributed by atoms with Gasteiger partial charge in [-0.2, -0.15) is 0 Å². The maximum atomic E-state index is 11.8. The minimum Gasteiger partial charge on any atom is -0.290 e. The van der Waals surface area contributed by atoms with Gasteiger partial charge < -0.3 is 0 Å². The summed E-state index contributed by atoms with van der Waals surface area (Å²) in [6.07, 6.45) is 0. The summed E-state index contributed by atoms with van der Waals surface area (Å²) in [5.74, 6) is 0. The van der Waals surface area contributed by atoms with Crippen molar-refractivity contribution in [1.82, 2.24) is 0 Å². The second kappa shape index (κ2) is 7.49. The summed E-state index contributed by atoms with van der Waals surface area (Å²) in [6.45, 7) is 1.74. The molecule has 10 heteroatoms. The SMILES string of the molecule is [B]P(P)(=S)C(=O)c1ccc(C(=O)P[B]P=S)cc1. The summed E-state index contributed by atoms with van der Waals surface area (Å²) in [6, 6.07) is 6.41. The Morgan fingerprint density at radius 1 is 1.33 bits per heavy atom. The molecule has 3 atom stereocenters. The van der Waals surface area contributed by atoms with Crippen molar-refractivity contribution in [3.63, 3.8) is 0 Å². The first-order chi connectivity index (χ1) is 8.36. The summed E-state index contributed by atoms with van der Waals surface area (Å²) in [7, 11) is 8.59. The molecule has 1 aromatic carbocycles. The van der Waals surface area contributed by atoms with E-state index in [-0.39, 0.29) is 19.5 Å². The minimum absolute atomic E-state index is 0.00408. The van der Waals surface area contributed by atoms with Crippen LogP contribution >= 0.6 is 30.2 Å². The zero-order valence-electron chi connectivity index (χ0n) is 9.07. The summed E-state index contributed by atoms with van der Waals surface area (Å²) >= 11 is 9.67. The largest absolute Gasteiger partial charge is 0.290 e. The number of benzene rings is 1. The molecular weight excluding hydrogens is 338 g/mol. The van der Waals surface area contributed by atoms with Crippen LogP contribution in [0.1, 0.15) is 20.7 Å². The summed E-state index contributed by atoms with van der Waals surface area (Å²) in [5.41, 5.74) is -1.77. The van der Waals surface area contributed by atoms with Crippen molar-refractivity contribution in [3.05, 3.63) is 35.4 Å². The van der Waals surface area contributed by atoms with Gasteiger partial charge in [0.25, 0.3) is 0 Å². The van der Waals surface area contributed by atoms with E-state index >= 15 is 0 Å². The van der Waals surface area contributed by atoms with Crippen LogP contribution < -0.4 is 0 Å². The van der Waals surface area contributed by atoms with Crippen molar-refractivity contribution < 1.29 is 9.59 Å². The molecule has 1 rings (SSSR count). The van der Waals surface area contributed by atoms with Gasteiger partial charge in [-0.25, -0.2) is 0 Å². The molecule has 3 radical (unpaired) electrons. The lowest BCUT2D eigenvalue weighted by Gasteiger charge is -2.09. The average molecular weight is 345 g/mol. The van der Waals surface area contributed by atoms with Crippen LogP contribution in [0, 0.1) is 0 Å². The lowest BCUT2D eigenvalue weighted by Crippen LogP contribution is -1.98. The molecule has 0 N–H and O–H groups in total. The zero-order chi connectivity index (χ0) is 13.8. The molecule has 0 heterocycles. The molecule has 0 spiro atoms. The van der Waals surface area contributed by atoms with Crippen molar-refractivity contribution in [2.45, 2.75) is 0 Å². The molecule has 89 valence electrons. The van der Waals surface area contributed by atoms with E-state index in [0.717, 1.165) is 0 Å². The highest BCUT2D eigenvalue weighted by Gasteiger charge is 2.16. The molecule has 0 aromatic heterocycles. The van der Waals surface area contributed by atoms with E-state index in [1.807, 2.05) is 0 Å². The smallest absolute Gasteiger partial charge is 0.237 e. The van der Waals surface area contributed by atoms with Crippen LogP contribution in [0.25, 0.3) is 0 Å². The molecule has 18 heavy (non-hydrogen) atoms. The Balaban J connectivity index is 2.87. The van der Waals surface area contributed by atoms with Crippen molar-refractivity contribution in [2.24, 2.45) is 0 Å². The van der Waals surface area contributed by atoms with Gasteiger partial charge in [0.15, 0.2) is 11.0 Å². The first kappa shape index (κ1) is 16.8. The normalized spacial score (nSPS) is 14.5. The molecule has 0 aliphatic rings. The van der Waals surface area contributed by atoms with Gasteiger partial charge in [0.1, 0.15) is 7.57 Å². The number of carbonyl (C=O) groups is 2. The molecule has 1 aromatic rings. The third kappa shape index (κ3) is 5.01. The van der Waals surface area contributed by atoms with Gasteiger partial charge in [-0.1, -0.05) is 63.6 Å². The Kier molecular flexibility index (Phi) is 6.98. The molecule has 0 aliphatic carbocycles. The molecule has 3 unspecified atom stereocenters. The topological polar surface area (TPSA) is 34.1 Å². The first-order valence-electron chi connectivity index (χ1n) is 4.63. The summed E-state index contributed by atoms with van der Waals surface area (Å²) in [4.78, 5) is 23.5. The highest BCUT2D eigenvalue weighted by atomic mass is 32.6. The molecule has 0 aliphatic heterocycles. The Morgan fingerprint density at radius 2 is 1.83 bits per heavy atom. The fourth-order valence-corrected chi connectivity index (χ4v) is 3.94. The molecule has 0 amide bonds. The van der Waals surface area contributed by atoms with Crippen LogP contribution in [0.3, 0.4) is 0 Å². The summed E-state index contributed by atoms with van der Waals surface area (Å²) < 4.78 is 0. The lowest BCUT2D eigenvalue weighted by molar-refractivity contribution is 0.107. The van der Waals surface area contributed by atoms with Crippen LogP contribution in [0.2, 0.25) is 0 Å². The Bertz CT molecular complexity index is 528. The Hall–Kier alpha value is 0.720. The van der Waals surface area contributed by atoms with Crippen LogP contribution in [0.5, 0.6) is 0 Å². The van der Waals surface area contributed by atoms with Crippen molar-refractivity contribution in [2.75, 3.05) is 0 Å². The predicted octanol–water partition coefficient (Wildman–Crippen LogP) is 2.94. The van der Waals surface area contributed by atoms with Crippen LogP contribution in [0.4, 0.5) is 0 Å². The van der Waals surface area contributed by atoms with Gasteiger partial charge in [0.2, 0.25) is 6.72 Å². The number of hydrogen-bond donors (Lipinski definition) is 0. The first-order valence-corrected chi connectivity index (χ1v) is 12.2. The third-order valence-corrected chi connectivity index (χ3v) is 6.49. The van der Waals surface area contributed by atoms with E-state index in [1.165, 1.54) is 0 Å². The standard InChI is InChI=1S/C8H7B2O2P4S2/c9-16(13,18)8(12)6-3-1-5(2-4-6)7(11)14-10-15-17/h1-4,14H,13H2. The fraction of sp³-hybridized carbons (Fsp3) is 0. The molecule has 2 nitrogen and oxygen atoms in total. The van der Waals surface area contributed by atoms with E-state index in [0.29, 0.717) is 18.4 Å². The second-order valence-electron chi connectivity index (χ2n) is 3.30. The van der Waals surface area contributed by atoms with Crippen molar-refractivity contribution >= 4 is 79.2 Å². The monoisotopic (exact) mass is 345 g/mol. The quantitative estimate of drug-likeness (QED) is 0.587. The van der Waals surface area contributed by atoms with E-state index in [1.54, 1.807) is 31.0 Å². The van der Waals surface area contributed by atoms with Crippen LogP contribution in [-0.4, -0.2) is 25.3 Å². The van der Waals surface area contributed by atoms with Crippen molar-refractivity contribution in [1.29, 1.82) is 0 Å². The Morgan fingerprint density at radius 3 is 2.28 bits per heavy atom. The number of carbonyl (C=O) groups excluding carboxylic acids is 2. The highest BCUT2D eigenvalue weighted by Crippen LogP contribution is 2.52. The molecule has 0 bridgehead atoms. The molecule has 0 fully saturated rings. The van der Waals surface area contributed by atoms with Gasteiger partial charge in [-0.05, 0) is 5.60 Å². The van der Waals surface area contributed by atoms with Gasteiger partial charge in [-0.3, -0.25) is 9.59 Å². The number of rotatable bonds is 6. The van der Waals surface area contributed by atoms with Gasteiger partial charge in [-0.15, -0.1) is 8.93 Å². The fourth-order valence-electron chi connectivity index (χ4n) is 1.13. The average Bonchev–Trinajstić information content (AvgIpc) is 2.34. The van der Waals surface area contributed by atoms with E-state index in [4.69, 9.17) is 31.2 Å². The zero-order valence-corrected chi connectivity index (χ0v) is 14.6.